The van der Waals surface area contributed by atoms with Gasteiger partial charge in [0.1, 0.15) is 17.5 Å². The molecule has 2 aromatic rings. The summed E-state index contributed by atoms with van der Waals surface area (Å²) in [6, 6.07) is 16.6. The first-order valence-corrected chi connectivity index (χ1v) is 16.8. The molecule has 252 valence electrons. The molecule has 0 spiro atoms. The summed E-state index contributed by atoms with van der Waals surface area (Å²) in [4.78, 5) is 29.4. The Morgan fingerprint density at radius 2 is 1.79 bits per heavy atom. The number of hydrogen-bond donors (Lipinski definition) is 3. The lowest BCUT2D eigenvalue weighted by Crippen LogP contribution is -2.53. The summed E-state index contributed by atoms with van der Waals surface area (Å²) in [6.45, 7) is 14.2. The number of guanidine groups is 1. The molecule has 2 aromatic carbocycles. The van der Waals surface area contributed by atoms with Crippen LogP contribution in [0.25, 0.3) is 0 Å². The molecule has 2 fully saturated rings. The van der Waals surface area contributed by atoms with Crippen molar-refractivity contribution in [3.63, 3.8) is 0 Å². The maximum Gasteiger partial charge on any atom is 0.224 e. The predicted molar refractivity (Wildman–Crippen MR) is 189 cm³/mol. The molecule has 12 nitrogen and oxygen atoms in total. The summed E-state index contributed by atoms with van der Waals surface area (Å²) in [5.41, 5.74) is 3.18. The molecule has 3 aliphatic heterocycles. The summed E-state index contributed by atoms with van der Waals surface area (Å²) in [6.07, 6.45) is 2.58. The number of ether oxygens (including phenoxy) is 2. The number of rotatable bonds is 11. The van der Waals surface area contributed by atoms with Crippen LogP contribution in [0.1, 0.15) is 40.0 Å². The number of carbonyl (C=O) groups excluding carboxylic acids is 1. The molecule has 12 heteroatoms. The van der Waals surface area contributed by atoms with Crippen LogP contribution in [0, 0.1) is 17.2 Å². The van der Waals surface area contributed by atoms with Crippen LogP contribution in [-0.2, 0) is 9.53 Å². The van der Waals surface area contributed by atoms with Crippen molar-refractivity contribution < 1.29 is 14.3 Å². The lowest BCUT2D eigenvalue weighted by atomic mass is 10.0. The average Bonchev–Trinajstić information content (AvgIpc) is 3.09. The molecule has 0 aliphatic carbocycles. The van der Waals surface area contributed by atoms with Gasteiger partial charge < -0.3 is 30.3 Å². The van der Waals surface area contributed by atoms with Crippen LogP contribution in [0.5, 0.6) is 5.75 Å². The number of hydrogen-bond acceptors (Lipinski definition) is 11. The quantitative estimate of drug-likeness (QED) is 0.324. The minimum absolute atomic E-state index is 0.00426. The predicted octanol–water partition coefficient (Wildman–Crippen LogP) is 4.49. The topological polar surface area (TPSA) is 130 Å². The molecule has 0 aromatic heterocycles. The van der Waals surface area contributed by atoms with E-state index in [1.54, 1.807) is 7.11 Å². The zero-order chi connectivity index (χ0) is 33.2. The van der Waals surface area contributed by atoms with Gasteiger partial charge in [0, 0.05) is 71.1 Å². The van der Waals surface area contributed by atoms with Gasteiger partial charge in [0.2, 0.25) is 11.9 Å². The first kappa shape index (κ1) is 34.2. The third kappa shape index (κ3) is 9.22. The fourth-order valence-corrected chi connectivity index (χ4v) is 6.20. The average molecular weight is 644 g/mol. The van der Waals surface area contributed by atoms with Crippen LogP contribution < -0.4 is 25.6 Å². The standard InChI is InChI=1S/C35H49N9O3/c1-5-33(45)38-31-22-28(43-14-12-27(13-15-43)44-18-16-42(17-19-44)20-21-46-4)10-11-29(31)40-35-37-24-26(23-36)34(41-35)39-30-8-6-7-9-32(30)47-25(2)3/h6-11,22,25-27H,5,12-21,24H2,1-4H3,(H,38,45)(H2,37,39,40,41). The number of amides is 1. The van der Waals surface area contributed by atoms with Gasteiger partial charge in [0.25, 0.3) is 0 Å². The van der Waals surface area contributed by atoms with E-state index < -0.39 is 5.92 Å². The highest BCUT2D eigenvalue weighted by molar-refractivity contribution is 6.12. The van der Waals surface area contributed by atoms with Crippen molar-refractivity contribution in [2.24, 2.45) is 15.9 Å². The molecule has 0 radical (unpaired) electrons. The smallest absolute Gasteiger partial charge is 0.224 e. The maximum absolute atomic E-state index is 12.6. The summed E-state index contributed by atoms with van der Waals surface area (Å²) in [5, 5.41) is 19.5. The Bertz CT molecular complexity index is 1450. The van der Waals surface area contributed by atoms with Crippen LogP contribution in [0.15, 0.2) is 52.4 Å². The second-order valence-electron chi connectivity index (χ2n) is 12.5. The molecular weight excluding hydrogens is 594 g/mol. The van der Waals surface area contributed by atoms with Crippen molar-refractivity contribution in [3.05, 3.63) is 42.5 Å². The highest BCUT2D eigenvalue weighted by Gasteiger charge is 2.28. The van der Waals surface area contributed by atoms with E-state index in [2.05, 4.69) is 47.8 Å². The molecule has 5 rings (SSSR count). The Morgan fingerprint density at radius 1 is 1.02 bits per heavy atom. The molecule has 2 saturated heterocycles. The number of nitrogens with one attached hydrogen (secondary N) is 3. The van der Waals surface area contributed by atoms with Gasteiger partial charge in [-0.1, -0.05) is 19.1 Å². The normalized spacial score (nSPS) is 19.5. The van der Waals surface area contributed by atoms with Crippen LogP contribution in [0.2, 0.25) is 0 Å². The van der Waals surface area contributed by atoms with E-state index in [9.17, 15) is 10.1 Å². The number of para-hydroxylation sites is 2. The van der Waals surface area contributed by atoms with Gasteiger partial charge in [0.15, 0.2) is 0 Å². The lowest BCUT2D eigenvalue weighted by Gasteiger charge is -2.43. The third-order valence-electron chi connectivity index (χ3n) is 8.86. The Balaban J connectivity index is 1.26. The van der Waals surface area contributed by atoms with E-state index in [1.807, 2.05) is 57.2 Å². The molecule has 3 N–H and O–H groups in total. The zero-order valence-corrected chi connectivity index (χ0v) is 28.2. The van der Waals surface area contributed by atoms with E-state index in [-0.39, 0.29) is 18.6 Å². The minimum Gasteiger partial charge on any atom is -0.489 e. The van der Waals surface area contributed by atoms with Crippen LogP contribution in [0.4, 0.5) is 22.7 Å². The van der Waals surface area contributed by atoms with Gasteiger partial charge in [-0.05, 0) is 57.0 Å². The second-order valence-corrected chi connectivity index (χ2v) is 12.5. The molecule has 1 amide bonds. The van der Waals surface area contributed by atoms with Gasteiger partial charge in [0.05, 0.1) is 42.4 Å². The van der Waals surface area contributed by atoms with Crippen LogP contribution in [-0.4, -0.2) is 106 Å². The van der Waals surface area contributed by atoms with Gasteiger partial charge >= 0.3 is 0 Å². The molecule has 1 atom stereocenters. The highest BCUT2D eigenvalue weighted by Crippen LogP contribution is 2.32. The molecule has 0 bridgehead atoms. The van der Waals surface area contributed by atoms with Gasteiger partial charge in [-0.2, -0.15) is 10.3 Å². The van der Waals surface area contributed by atoms with Crippen molar-refractivity contribution in [2.45, 2.75) is 52.2 Å². The summed E-state index contributed by atoms with van der Waals surface area (Å²) >= 11 is 0. The fourth-order valence-electron chi connectivity index (χ4n) is 6.20. The molecular formula is C35H49N9O3. The van der Waals surface area contributed by atoms with E-state index >= 15 is 0 Å². The summed E-state index contributed by atoms with van der Waals surface area (Å²) in [7, 11) is 1.76. The second kappa shape index (κ2) is 16.6. The number of carbonyl (C=O) groups is 1. The van der Waals surface area contributed by atoms with E-state index in [0.717, 1.165) is 76.6 Å². The Kier molecular flexibility index (Phi) is 12.1. The third-order valence-corrected chi connectivity index (χ3v) is 8.86. The van der Waals surface area contributed by atoms with Crippen molar-refractivity contribution >= 4 is 40.5 Å². The van der Waals surface area contributed by atoms with Gasteiger partial charge in [-0.15, -0.1) is 0 Å². The Labute approximate surface area is 278 Å². The van der Waals surface area contributed by atoms with Gasteiger partial charge in [-0.25, -0.2) is 4.99 Å². The molecule has 3 heterocycles. The first-order valence-electron chi connectivity index (χ1n) is 16.8. The molecule has 47 heavy (non-hydrogen) atoms. The number of anilines is 4. The maximum atomic E-state index is 12.6. The van der Waals surface area contributed by atoms with E-state index in [1.165, 1.54) is 0 Å². The molecule has 0 saturated carbocycles. The van der Waals surface area contributed by atoms with Crippen molar-refractivity contribution in [1.82, 2.24) is 9.80 Å². The fraction of sp³-hybridized carbons (Fsp3) is 0.543. The number of methoxy groups -OCH3 is 1. The van der Waals surface area contributed by atoms with Crippen LogP contribution >= 0.6 is 0 Å². The van der Waals surface area contributed by atoms with Crippen molar-refractivity contribution in [2.75, 3.05) is 86.9 Å². The van der Waals surface area contributed by atoms with E-state index in [0.29, 0.717) is 41.4 Å². The Morgan fingerprint density at radius 3 is 2.49 bits per heavy atom. The number of aliphatic imine (C=N–C) groups is 2. The van der Waals surface area contributed by atoms with Crippen molar-refractivity contribution in [3.8, 4) is 11.8 Å². The summed E-state index contributed by atoms with van der Waals surface area (Å²) < 4.78 is 11.2. The Hall–Kier alpha value is -4.18. The highest BCUT2D eigenvalue weighted by atomic mass is 16.5. The number of nitrogens with zero attached hydrogens (tertiary/aromatic N) is 6. The summed E-state index contributed by atoms with van der Waals surface area (Å²) in [5.74, 6) is 0.931. The molecule has 1 unspecified atom stereocenters. The first-order chi connectivity index (χ1) is 22.9. The number of piperazine rings is 1. The van der Waals surface area contributed by atoms with Crippen molar-refractivity contribution in [1.29, 1.82) is 5.26 Å². The number of benzene rings is 2. The van der Waals surface area contributed by atoms with Gasteiger partial charge in [-0.3, -0.25) is 14.6 Å². The SMILES string of the molecule is CCC(=O)Nc1cc(N2CCC(N3CCN(CCOC)CC3)CC2)ccc1NC1=NCC(C#N)C(Nc2ccccc2OC(C)C)=N1. The lowest BCUT2D eigenvalue weighted by molar-refractivity contribution is -0.115. The molecule has 3 aliphatic rings. The number of nitriles is 1. The largest absolute Gasteiger partial charge is 0.489 e. The monoisotopic (exact) mass is 643 g/mol. The zero-order valence-electron chi connectivity index (χ0n) is 28.2. The number of piperidine rings is 1. The number of amidine groups is 1. The minimum atomic E-state index is -0.531. The van der Waals surface area contributed by atoms with E-state index in [4.69, 9.17) is 14.5 Å². The van der Waals surface area contributed by atoms with Crippen LogP contribution in [0.3, 0.4) is 0 Å².